The second-order valence-corrected chi connectivity index (χ2v) is 7.03. The maximum Gasteiger partial charge on any atom is 0.229 e. The van der Waals surface area contributed by atoms with E-state index in [4.69, 9.17) is 4.74 Å². The summed E-state index contributed by atoms with van der Waals surface area (Å²) in [6.07, 6.45) is 1.75. The van der Waals surface area contributed by atoms with E-state index in [0.29, 0.717) is 16.9 Å². The van der Waals surface area contributed by atoms with Gasteiger partial charge >= 0.3 is 0 Å². The zero-order chi connectivity index (χ0) is 20.4. The minimum atomic E-state index is -1.43. The predicted octanol–water partition coefficient (Wildman–Crippen LogP) is 3.59. The lowest BCUT2D eigenvalue weighted by Gasteiger charge is -2.34. The zero-order valence-corrected chi connectivity index (χ0v) is 15.4. The molecule has 0 aliphatic carbocycles. The lowest BCUT2D eigenvalue weighted by molar-refractivity contribution is -0.135. The van der Waals surface area contributed by atoms with Crippen molar-refractivity contribution in [2.45, 2.75) is 18.6 Å². The largest absolute Gasteiger partial charge is 0.374 e. The molecule has 1 aliphatic heterocycles. The summed E-state index contributed by atoms with van der Waals surface area (Å²) in [6, 6.07) is 12.0. The van der Waals surface area contributed by atoms with Crippen LogP contribution in [0.5, 0.6) is 0 Å². The van der Waals surface area contributed by atoms with Crippen molar-refractivity contribution in [1.29, 1.82) is 0 Å². The first-order valence-corrected chi connectivity index (χ1v) is 9.05. The third kappa shape index (κ3) is 4.32. The number of rotatable bonds is 6. The highest BCUT2D eigenvalue weighted by atomic mass is 19.2. The van der Waals surface area contributed by atoms with Gasteiger partial charge in [0.15, 0.2) is 23.1 Å². The molecule has 2 heterocycles. The normalized spacial score (nSPS) is 15.0. The van der Waals surface area contributed by atoms with Crippen LogP contribution in [0, 0.1) is 11.6 Å². The highest BCUT2D eigenvalue weighted by molar-refractivity contribution is 5.91. The van der Waals surface area contributed by atoms with Gasteiger partial charge in [-0.25, -0.2) is 13.2 Å². The highest BCUT2D eigenvalue weighted by Crippen LogP contribution is 2.33. The topological polar surface area (TPSA) is 56.1 Å². The number of benzene rings is 2. The van der Waals surface area contributed by atoms with Crippen LogP contribution < -0.4 is 5.32 Å². The van der Waals surface area contributed by atoms with Crippen molar-refractivity contribution < 1.29 is 22.7 Å². The van der Waals surface area contributed by atoms with E-state index in [-0.39, 0.29) is 32.1 Å². The first kappa shape index (κ1) is 19.2. The summed E-state index contributed by atoms with van der Waals surface area (Å²) in [4.78, 5) is 12.2. The lowest BCUT2D eigenvalue weighted by atomic mass is 9.93. The van der Waals surface area contributed by atoms with Crippen LogP contribution in [0.3, 0.4) is 0 Å². The fourth-order valence-corrected chi connectivity index (χ4v) is 3.08. The van der Waals surface area contributed by atoms with Gasteiger partial charge in [-0.15, -0.1) is 0 Å². The number of carbonyl (C=O) groups is 1. The Hall–Kier alpha value is -3.13. The highest BCUT2D eigenvalue weighted by Gasteiger charge is 2.40. The summed E-state index contributed by atoms with van der Waals surface area (Å²) < 4.78 is 47.0. The third-order valence-corrected chi connectivity index (χ3v) is 4.73. The molecule has 1 aromatic heterocycles. The monoisotopic (exact) mass is 401 g/mol. The van der Waals surface area contributed by atoms with Crippen molar-refractivity contribution in [3.63, 3.8) is 0 Å². The summed E-state index contributed by atoms with van der Waals surface area (Å²) >= 11 is 0. The first-order chi connectivity index (χ1) is 13.9. The second-order valence-electron chi connectivity index (χ2n) is 7.03. The summed E-state index contributed by atoms with van der Waals surface area (Å²) in [7, 11) is 0. The van der Waals surface area contributed by atoms with Gasteiger partial charge < -0.3 is 10.1 Å². The summed E-state index contributed by atoms with van der Waals surface area (Å²) in [5.41, 5.74) is 0.411. The van der Waals surface area contributed by atoms with Crippen LogP contribution in [-0.2, 0) is 28.2 Å². The van der Waals surface area contributed by atoms with E-state index in [9.17, 15) is 18.0 Å². The van der Waals surface area contributed by atoms with Crippen molar-refractivity contribution in [1.82, 2.24) is 9.78 Å². The molecule has 5 nitrogen and oxygen atoms in total. The second kappa shape index (κ2) is 7.71. The Morgan fingerprint density at radius 2 is 1.79 bits per heavy atom. The first-order valence-electron chi connectivity index (χ1n) is 9.05. The van der Waals surface area contributed by atoms with Gasteiger partial charge in [0.2, 0.25) is 5.91 Å². The number of hydrogen-bond acceptors (Lipinski definition) is 3. The van der Waals surface area contributed by atoms with Crippen LogP contribution in [0.15, 0.2) is 54.7 Å². The number of nitrogens with one attached hydrogen (secondary N) is 1. The number of aromatic nitrogens is 2. The number of anilines is 1. The molecule has 1 saturated heterocycles. The number of halogens is 3. The number of amides is 1. The number of nitrogens with zero attached hydrogens (tertiary/aromatic N) is 2. The van der Waals surface area contributed by atoms with Crippen LogP contribution in [0.25, 0.3) is 0 Å². The fraction of sp³-hybridized carbons (Fsp3) is 0.238. The van der Waals surface area contributed by atoms with Crippen LogP contribution in [0.4, 0.5) is 19.0 Å². The maximum atomic E-state index is 14.3. The van der Waals surface area contributed by atoms with Gasteiger partial charge in [0.25, 0.3) is 0 Å². The number of carbonyl (C=O) groups excluding carboxylic acids is 1. The van der Waals surface area contributed by atoms with Gasteiger partial charge in [0.1, 0.15) is 0 Å². The van der Waals surface area contributed by atoms with Crippen molar-refractivity contribution in [3.05, 3.63) is 83.1 Å². The van der Waals surface area contributed by atoms with Crippen LogP contribution in [0.2, 0.25) is 0 Å². The van der Waals surface area contributed by atoms with Gasteiger partial charge in [-0.3, -0.25) is 9.48 Å². The summed E-state index contributed by atoms with van der Waals surface area (Å²) in [5, 5.41) is 6.89. The number of hydrogen-bond donors (Lipinski definition) is 1. The van der Waals surface area contributed by atoms with E-state index in [2.05, 4.69) is 10.4 Å². The Balaban J connectivity index is 1.33. The predicted molar refractivity (Wildman–Crippen MR) is 100 cm³/mol. The minimum absolute atomic E-state index is 0.0556. The van der Waals surface area contributed by atoms with E-state index in [1.54, 1.807) is 36.5 Å². The molecule has 0 saturated carbocycles. The van der Waals surface area contributed by atoms with Gasteiger partial charge in [0.05, 0.1) is 26.2 Å². The zero-order valence-electron chi connectivity index (χ0n) is 15.4. The maximum absolute atomic E-state index is 14.3. The smallest absolute Gasteiger partial charge is 0.229 e. The molecule has 0 radical (unpaired) electrons. The summed E-state index contributed by atoms with van der Waals surface area (Å²) in [6.45, 7) is 0.351. The van der Waals surface area contributed by atoms with Gasteiger partial charge in [-0.2, -0.15) is 5.10 Å². The Morgan fingerprint density at radius 3 is 2.45 bits per heavy atom. The number of alkyl halides is 1. The average molecular weight is 401 g/mol. The molecule has 1 aliphatic rings. The molecule has 0 atom stereocenters. The molecule has 0 bridgehead atoms. The Kier molecular flexibility index (Phi) is 5.10. The Morgan fingerprint density at radius 1 is 1.07 bits per heavy atom. The van der Waals surface area contributed by atoms with Crippen LogP contribution >= 0.6 is 0 Å². The van der Waals surface area contributed by atoms with E-state index in [0.717, 1.165) is 17.7 Å². The van der Waals surface area contributed by atoms with Gasteiger partial charge in [-0.1, -0.05) is 30.3 Å². The molecule has 29 heavy (non-hydrogen) atoms. The molecule has 150 valence electrons. The SMILES string of the molecule is O=C(Cc1ccc(C2(F)COC2)cc1)Nc1ccn(Cc2ccc(F)c(F)c2)n1. The Labute approximate surface area is 165 Å². The molecule has 1 fully saturated rings. The van der Waals surface area contributed by atoms with Crippen molar-refractivity contribution in [2.24, 2.45) is 0 Å². The van der Waals surface area contributed by atoms with E-state index < -0.39 is 17.3 Å². The van der Waals surface area contributed by atoms with Crippen molar-refractivity contribution in [3.8, 4) is 0 Å². The quantitative estimate of drug-likeness (QED) is 0.687. The molecule has 3 aromatic rings. The third-order valence-electron chi connectivity index (χ3n) is 4.73. The molecule has 4 rings (SSSR count). The molecular weight excluding hydrogens is 383 g/mol. The molecule has 8 heteroatoms. The van der Waals surface area contributed by atoms with E-state index in [1.165, 1.54) is 10.7 Å². The molecular formula is C21H18F3N3O2. The summed E-state index contributed by atoms with van der Waals surface area (Å²) in [5.74, 6) is -1.74. The fourth-order valence-electron chi connectivity index (χ4n) is 3.08. The number of ether oxygens (including phenoxy) is 1. The minimum Gasteiger partial charge on any atom is -0.374 e. The van der Waals surface area contributed by atoms with Gasteiger partial charge in [-0.05, 0) is 28.8 Å². The van der Waals surface area contributed by atoms with E-state index >= 15 is 0 Å². The van der Waals surface area contributed by atoms with Crippen LogP contribution in [-0.4, -0.2) is 28.9 Å². The standard InChI is InChI=1S/C21H18F3N3O2/c22-17-6-3-15(9-18(17)23)11-27-8-7-19(26-27)25-20(28)10-14-1-4-16(5-2-14)21(24)12-29-13-21/h1-9H,10-13H2,(H,25,26,28). The average Bonchev–Trinajstić information content (AvgIpc) is 3.10. The lowest BCUT2D eigenvalue weighted by Crippen LogP contribution is -2.42. The molecule has 1 N–H and O–H groups in total. The molecule has 1 amide bonds. The molecule has 0 unspecified atom stereocenters. The molecule has 2 aromatic carbocycles. The van der Waals surface area contributed by atoms with Crippen molar-refractivity contribution >= 4 is 11.7 Å². The van der Waals surface area contributed by atoms with Crippen molar-refractivity contribution in [2.75, 3.05) is 18.5 Å². The molecule has 0 spiro atoms. The van der Waals surface area contributed by atoms with Gasteiger partial charge in [0, 0.05) is 12.3 Å². The van der Waals surface area contributed by atoms with E-state index in [1.807, 2.05) is 0 Å². The Bertz CT molecular complexity index is 1030. The van der Waals surface area contributed by atoms with Crippen LogP contribution in [0.1, 0.15) is 16.7 Å².